The molecule has 30 heavy (non-hydrogen) atoms. The summed E-state index contributed by atoms with van der Waals surface area (Å²) in [5.41, 5.74) is 7.09. The van der Waals surface area contributed by atoms with Crippen molar-refractivity contribution < 1.29 is 17.6 Å². The van der Waals surface area contributed by atoms with E-state index in [1.807, 2.05) is 4.90 Å². The lowest BCUT2D eigenvalue weighted by atomic mass is 10.1. The van der Waals surface area contributed by atoms with Crippen LogP contribution in [-0.2, 0) is 6.18 Å². The molecule has 2 aromatic carbocycles. The predicted molar refractivity (Wildman–Crippen MR) is 108 cm³/mol. The molecule has 1 fully saturated rings. The SMILES string of the molecule is Nc1nc(-c2ccc(C(F)(F)F)cc2)cc(N2CCN(c3ccc(F)cc3)CC2)n1. The summed E-state index contributed by atoms with van der Waals surface area (Å²) in [5.74, 6) is 0.407. The molecule has 1 saturated heterocycles. The van der Waals surface area contributed by atoms with Crippen LogP contribution in [0.1, 0.15) is 5.56 Å². The number of hydrogen-bond donors (Lipinski definition) is 1. The van der Waals surface area contributed by atoms with Crippen LogP contribution >= 0.6 is 0 Å². The third-order valence-corrected chi connectivity index (χ3v) is 5.03. The number of halogens is 4. The fourth-order valence-corrected chi connectivity index (χ4v) is 3.44. The van der Waals surface area contributed by atoms with Gasteiger partial charge in [-0.05, 0) is 36.4 Å². The van der Waals surface area contributed by atoms with Gasteiger partial charge in [0.1, 0.15) is 11.6 Å². The van der Waals surface area contributed by atoms with Gasteiger partial charge in [0.15, 0.2) is 0 Å². The Morgan fingerprint density at radius 1 is 0.800 bits per heavy atom. The summed E-state index contributed by atoms with van der Waals surface area (Å²) in [5, 5.41) is 0. The van der Waals surface area contributed by atoms with E-state index < -0.39 is 11.7 Å². The molecule has 0 radical (unpaired) electrons. The Labute approximate surface area is 170 Å². The van der Waals surface area contributed by atoms with Crippen molar-refractivity contribution in [3.63, 3.8) is 0 Å². The summed E-state index contributed by atoms with van der Waals surface area (Å²) in [7, 11) is 0. The number of hydrogen-bond acceptors (Lipinski definition) is 5. The summed E-state index contributed by atoms with van der Waals surface area (Å²) < 4.78 is 51.5. The zero-order chi connectivity index (χ0) is 21.3. The van der Waals surface area contributed by atoms with Crippen LogP contribution in [-0.4, -0.2) is 36.1 Å². The number of alkyl halides is 3. The molecule has 2 heterocycles. The first-order valence-corrected chi connectivity index (χ1v) is 9.37. The lowest BCUT2D eigenvalue weighted by Crippen LogP contribution is -2.46. The van der Waals surface area contributed by atoms with Crippen molar-refractivity contribution in [1.82, 2.24) is 9.97 Å². The van der Waals surface area contributed by atoms with Crippen LogP contribution in [0.15, 0.2) is 54.6 Å². The Morgan fingerprint density at radius 3 is 2.00 bits per heavy atom. The van der Waals surface area contributed by atoms with Gasteiger partial charge in [-0.25, -0.2) is 9.37 Å². The largest absolute Gasteiger partial charge is 0.416 e. The number of piperazine rings is 1. The van der Waals surface area contributed by atoms with Crippen LogP contribution in [0.25, 0.3) is 11.3 Å². The second-order valence-corrected chi connectivity index (χ2v) is 7.00. The Hall–Kier alpha value is -3.36. The van der Waals surface area contributed by atoms with E-state index in [0.717, 1.165) is 17.8 Å². The summed E-state index contributed by atoms with van der Waals surface area (Å²) in [6, 6.07) is 12.9. The summed E-state index contributed by atoms with van der Waals surface area (Å²) in [4.78, 5) is 12.7. The van der Waals surface area contributed by atoms with Gasteiger partial charge in [0.25, 0.3) is 0 Å². The van der Waals surface area contributed by atoms with Gasteiger partial charge < -0.3 is 15.5 Å². The van der Waals surface area contributed by atoms with Crippen molar-refractivity contribution in [2.45, 2.75) is 6.18 Å². The summed E-state index contributed by atoms with van der Waals surface area (Å²) >= 11 is 0. The van der Waals surface area contributed by atoms with Crippen LogP contribution in [0, 0.1) is 5.82 Å². The van der Waals surface area contributed by atoms with Crippen molar-refractivity contribution in [2.24, 2.45) is 0 Å². The summed E-state index contributed by atoms with van der Waals surface area (Å²) in [6.07, 6.45) is -4.39. The van der Waals surface area contributed by atoms with E-state index in [1.165, 1.54) is 24.3 Å². The first kappa shape index (κ1) is 19.9. The fraction of sp³-hybridized carbons (Fsp3) is 0.238. The smallest absolute Gasteiger partial charge is 0.368 e. The van der Waals surface area contributed by atoms with E-state index in [-0.39, 0.29) is 11.8 Å². The molecule has 5 nitrogen and oxygen atoms in total. The predicted octanol–water partition coefficient (Wildman–Crippen LogP) is 4.21. The Kier molecular flexibility index (Phi) is 5.19. The number of anilines is 3. The molecule has 0 atom stereocenters. The van der Waals surface area contributed by atoms with Crippen LogP contribution in [0.2, 0.25) is 0 Å². The van der Waals surface area contributed by atoms with Gasteiger partial charge in [-0.15, -0.1) is 0 Å². The van der Waals surface area contributed by atoms with E-state index >= 15 is 0 Å². The van der Waals surface area contributed by atoms with E-state index in [0.29, 0.717) is 43.3 Å². The van der Waals surface area contributed by atoms with E-state index in [9.17, 15) is 17.6 Å². The zero-order valence-corrected chi connectivity index (χ0v) is 15.9. The molecule has 1 aliphatic rings. The molecule has 0 saturated carbocycles. The molecule has 0 bridgehead atoms. The van der Waals surface area contributed by atoms with Gasteiger partial charge in [-0.1, -0.05) is 12.1 Å². The molecule has 3 aromatic rings. The number of aromatic nitrogens is 2. The van der Waals surface area contributed by atoms with Gasteiger partial charge in [-0.3, -0.25) is 0 Å². The lowest BCUT2D eigenvalue weighted by molar-refractivity contribution is -0.137. The highest BCUT2D eigenvalue weighted by Crippen LogP contribution is 2.31. The minimum absolute atomic E-state index is 0.0587. The molecule has 2 N–H and O–H groups in total. The second kappa shape index (κ2) is 7.81. The quantitative estimate of drug-likeness (QED) is 0.647. The minimum Gasteiger partial charge on any atom is -0.368 e. The highest BCUT2D eigenvalue weighted by atomic mass is 19.4. The van der Waals surface area contributed by atoms with Crippen molar-refractivity contribution in [2.75, 3.05) is 41.7 Å². The van der Waals surface area contributed by atoms with E-state index in [2.05, 4.69) is 14.9 Å². The summed E-state index contributed by atoms with van der Waals surface area (Å²) in [6.45, 7) is 2.76. The topological polar surface area (TPSA) is 58.3 Å². The minimum atomic E-state index is -4.39. The molecule has 0 spiro atoms. The van der Waals surface area contributed by atoms with Crippen LogP contribution < -0.4 is 15.5 Å². The average molecular weight is 417 g/mol. The normalized spacial score (nSPS) is 14.8. The lowest BCUT2D eigenvalue weighted by Gasteiger charge is -2.36. The second-order valence-electron chi connectivity index (χ2n) is 7.00. The van der Waals surface area contributed by atoms with Gasteiger partial charge in [0.2, 0.25) is 5.95 Å². The third-order valence-electron chi connectivity index (χ3n) is 5.03. The maximum absolute atomic E-state index is 13.1. The van der Waals surface area contributed by atoms with Crippen LogP contribution in [0.4, 0.5) is 35.0 Å². The number of benzene rings is 2. The molecule has 156 valence electrons. The molecule has 0 unspecified atom stereocenters. The van der Waals surface area contributed by atoms with Gasteiger partial charge in [-0.2, -0.15) is 18.2 Å². The standard InChI is InChI=1S/C21H19F4N5/c22-16-5-7-17(8-6-16)29-9-11-30(12-10-29)19-13-18(27-20(26)28-19)14-1-3-15(4-2-14)21(23,24)25/h1-8,13H,9-12H2,(H2,26,27,28). The zero-order valence-electron chi connectivity index (χ0n) is 15.9. The maximum Gasteiger partial charge on any atom is 0.416 e. The molecular formula is C21H19F4N5. The van der Waals surface area contributed by atoms with Gasteiger partial charge >= 0.3 is 6.18 Å². The number of rotatable bonds is 3. The average Bonchev–Trinajstić information content (AvgIpc) is 2.73. The molecule has 1 aliphatic heterocycles. The first-order chi connectivity index (χ1) is 14.3. The Balaban J connectivity index is 1.50. The molecule has 0 amide bonds. The molecule has 4 rings (SSSR count). The highest BCUT2D eigenvalue weighted by molar-refractivity contribution is 5.65. The molecular weight excluding hydrogens is 398 g/mol. The van der Waals surface area contributed by atoms with Crippen molar-refractivity contribution in [1.29, 1.82) is 0 Å². The van der Waals surface area contributed by atoms with Crippen molar-refractivity contribution in [3.05, 3.63) is 66.0 Å². The Morgan fingerprint density at radius 2 is 1.40 bits per heavy atom. The van der Waals surface area contributed by atoms with Gasteiger partial charge in [0, 0.05) is 43.5 Å². The van der Waals surface area contributed by atoms with E-state index in [4.69, 9.17) is 5.73 Å². The highest BCUT2D eigenvalue weighted by Gasteiger charge is 2.30. The van der Waals surface area contributed by atoms with Crippen molar-refractivity contribution in [3.8, 4) is 11.3 Å². The Bertz CT molecular complexity index is 1010. The third kappa shape index (κ3) is 4.29. The maximum atomic E-state index is 13.1. The van der Waals surface area contributed by atoms with E-state index in [1.54, 1.807) is 18.2 Å². The molecule has 0 aliphatic carbocycles. The monoisotopic (exact) mass is 417 g/mol. The molecule has 1 aromatic heterocycles. The number of nitrogens with two attached hydrogens (primary N) is 1. The first-order valence-electron chi connectivity index (χ1n) is 9.37. The van der Waals surface area contributed by atoms with Gasteiger partial charge in [0.05, 0.1) is 11.3 Å². The number of nitrogens with zero attached hydrogens (tertiary/aromatic N) is 4. The van der Waals surface area contributed by atoms with Crippen LogP contribution in [0.5, 0.6) is 0 Å². The van der Waals surface area contributed by atoms with Crippen molar-refractivity contribution >= 4 is 17.5 Å². The molecule has 9 heteroatoms. The van der Waals surface area contributed by atoms with Crippen LogP contribution in [0.3, 0.4) is 0 Å². The number of nitrogen functional groups attached to an aromatic ring is 1. The fourth-order valence-electron chi connectivity index (χ4n) is 3.44.